The minimum absolute atomic E-state index is 0.146. The largest absolute Gasteiger partial charge is 0.480 e. The van der Waals surface area contributed by atoms with Crippen LogP contribution in [0.3, 0.4) is 0 Å². The Kier molecular flexibility index (Phi) is 6.02. The molecule has 110 valence electrons. The van der Waals surface area contributed by atoms with Gasteiger partial charge in [0.2, 0.25) is 0 Å². The lowest BCUT2D eigenvalue weighted by Crippen LogP contribution is -2.45. The minimum atomic E-state index is -1.66. The molecule has 0 radical (unpaired) electrons. The number of benzene rings is 1. The van der Waals surface area contributed by atoms with Gasteiger partial charge < -0.3 is 9.84 Å². The van der Waals surface area contributed by atoms with Gasteiger partial charge in [0.1, 0.15) is 0 Å². The van der Waals surface area contributed by atoms with E-state index in [1.807, 2.05) is 6.92 Å². The molecule has 1 unspecified atom stereocenters. The maximum absolute atomic E-state index is 12.3. The number of carbonyl (C=O) groups excluding carboxylic acids is 1. The van der Waals surface area contributed by atoms with E-state index in [1.165, 1.54) is 0 Å². The van der Waals surface area contributed by atoms with Gasteiger partial charge in [0.15, 0.2) is 5.41 Å². The van der Waals surface area contributed by atoms with Crippen LogP contribution in [0.4, 0.5) is 0 Å². The fourth-order valence-corrected chi connectivity index (χ4v) is 2.24. The number of unbranched alkanes of at least 4 members (excludes halogenated alkanes) is 1. The van der Waals surface area contributed by atoms with Gasteiger partial charge >= 0.3 is 11.9 Å². The van der Waals surface area contributed by atoms with Crippen LogP contribution in [0.1, 0.15) is 38.7 Å². The molecule has 0 aliphatic carbocycles. The molecule has 1 rings (SSSR count). The third-order valence-electron chi connectivity index (χ3n) is 3.23. The summed E-state index contributed by atoms with van der Waals surface area (Å²) in [5.41, 5.74) is -1.25. The molecule has 0 aliphatic rings. The Morgan fingerprint density at radius 1 is 1.25 bits per heavy atom. The average Bonchev–Trinajstić information content (AvgIpc) is 2.41. The van der Waals surface area contributed by atoms with Crippen LogP contribution in [-0.4, -0.2) is 23.7 Å². The Labute approximate surface area is 123 Å². The van der Waals surface area contributed by atoms with Gasteiger partial charge in [0.05, 0.1) is 6.61 Å². The second-order valence-electron chi connectivity index (χ2n) is 4.54. The van der Waals surface area contributed by atoms with E-state index in [0.717, 1.165) is 6.42 Å². The Morgan fingerprint density at radius 3 is 2.30 bits per heavy atom. The summed E-state index contributed by atoms with van der Waals surface area (Å²) in [7, 11) is 0. The van der Waals surface area contributed by atoms with Gasteiger partial charge in [-0.3, -0.25) is 9.59 Å². The number of esters is 1. The van der Waals surface area contributed by atoms with Crippen molar-refractivity contribution in [3.63, 3.8) is 0 Å². The van der Waals surface area contributed by atoms with E-state index in [9.17, 15) is 14.7 Å². The van der Waals surface area contributed by atoms with Gasteiger partial charge in [-0.2, -0.15) is 0 Å². The summed E-state index contributed by atoms with van der Waals surface area (Å²) in [6.45, 7) is 3.75. The first kappa shape index (κ1) is 16.5. The molecular formula is C15H19ClO4. The van der Waals surface area contributed by atoms with Crippen molar-refractivity contribution in [2.75, 3.05) is 6.61 Å². The molecule has 0 spiro atoms. The highest BCUT2D eigenvalue weighted by atomic mass is 35.5. The van der Waals surface area contributed by atoms with Crippen LogP contribution in [0.5, 0.6) is 0 Å². The molecule has 1 aromatic carbocycles. The van der Waals surface area contributed by atoms with Crippen molar-refractivity contribution >= 4 is 23.5 Å². The highest BCUT2D eigenvalue weighted by Gasteiger charge is 2.48. The Hall–Kier alpha value is -1.55. The van der Waals surface area contributed by atoms with Crippen molar-refractivity contribution in [2.45, 2.75) is 38.5 Å². The average molecular weight is 299 g/mol. The fraction of sp³-hybridized carbons (Fsp3) is 0.467. The van der Waals surface area contributed by atoms with Crippen molar-refractivity contribution < 1.29 is 19.4 Å². The number of rotatable bonds is 7. The highest BCUT2D eigenvalue weighted by molar-refractivity contribution is 6.30. The van der Waals surface area contributed by atoms with E-state index in [4.69, 9.17) is 16.3 Å². The molecule has 20 heavy (non-hydrogen) atoms. The predicted octanol–water partition coefficient (Wildman–Crippen LogP) is 3.42. The van der Waals surface area contributed by atoms with Crippen molar-refractivity contribution in [3.8, 4) is 0 Å². The van der Waals surface area contributed by atoms with Gasteiger partial charge in [-0.25, -0.2) is 0 Å². The van der Waals surface area contributed by atoms with Crippen molar-refractivity contribution in [3.05, 3.63) is 34.9 Å². The summed E-state index contributed by atoms with van der Waals surface area (Å²) in [6, 6.07) is 6.31. The zero-order valence-electron chi connectivity index (χ0n) is 11.7. The molecule has 1 atom stereocenters. The number of aliphatic carboxylic acids is 1. The first-order valence-corrected chi connectivity index (χ1v) is 7.03. The molecule has 1 N–H and O–H groups in total. The van der Waals surface area contributed by atoms with E-state index in [2.05, 4.69) is 0 Å². The van der Waals surface area contributed by atoms with Gasteiger partial charge in [-0.15, -0.1) is 0 Å². The lowest BCUT2D eigenvalue weighted by Gasteiger charge is -2.27. The van der Waals surface area contributed by atoms with Crippen LogP contribution < -0.4 is 0 Å². The second kappa shape index (κ2) is 7.29. The zero-order chi connectivity index (χ0) is 15.2. The Morgan fingerprint density at radius 2 is 1.85 bits per heavy atom. The number of hydrogen-bond donors (Lipinski definition) is 1. The molecule has 0 aromatic heterocycles. The lowest BCUT2D eigenvalue weighted by molar-refractivity contribution is -0.162. The van der Waals surface area contributed by atoms with Crippen LogP contribution in [0, 0.1) is 0 Å². The van der Waals surface area contributed by atoms with Gasteiger partial charge in [0, 0.05) is 5.02 Å². The van der Waals surface area contributed by atoms with Crippen LogP contribution in [-0.2, 0) is 19.7 Å². The molecular weight excluding hydrogens is 280 g/mol. The summed E-state index contributed by atoms with van der Waals surface area (Å²) in [5.74, 6) is -1.91. The number of ether oxygens (including phenoxy) is 1. The summed E-state index contributed by atoms with van der Waals surface area (Å²) in [5, 5.41) is 10.1. The summed E-state index contributed by atoms with van der Waals surface area (Å²) in [6.07, 6.45) is 1.62. The highest BCUT2D eigenvalue weighted by Crippen LogP contribution is 2.33. The van der Waals surface area contributed by atoms with Crippen LogP contribution in [0.2, 0.25) is 5.02 Å². The van der Waals surface area contributed by atoms with Crippen LogP contribution in [0.25, 0.3) is 0 Å². The molecule has 0 bridgehead atoms. The molecule has 0 saturated heterocycles. The number of hydrogen-bond acceptors (Lipinski definition) is 3. The molecule has 0 saturated carbocycles. The fourth-order valence-electron chi connectivity index (χ4n) is 2.11. The quantitative estimate of drug-likeness (QED) is 0.619. The Bertz CT molecular complexity index is 469. The monoisotopic (exact) mass is 298 g/mol. The minimum Gasteiger partial charge on any atom is -0.480 e. The normalized spacial score (nSPS) is 13.6. The third kappa shape index (κ3) is 3.31. The number of carboxylic acids is 1. The standard InChI is InChI=1S/C15H19ClO4/c1-3-5-10-15(13(17)18,14(19)20-4-2)11-6-8-12(16)9-7-11/h6-9H,3-5,10H2,1-2H3,(H,17,18). The van der Waals surface area contributed by atoms with E-state index >= 15 is 0 Å². The van der Waals surface area contributed by atoms with Gasteiger partial charge in [0.25, 0.3) is 0 Å². The maximum Gasteiger partial charge on any atom is 0.328 e. The van der Waals surface area contributed by atoms with Gasteiger partial charge in [-0.05, 0) is 31.0 Å². The van der Waals surface area contributed by atoms with Crippen LogP contribution in [0.15, 0.2) is 24.3 Å². The number of halogens is 1. The summed E-state index contributed by atoms with van der Waals surface area (Å²) >= 11 is 5.82. The van der Waals surface area contributed by atoms with Gasteiger partial charge in [-0.1, -0.05) is 43.5 Å². The molecule has 1 aromatic rings. The molecule has 5 heteroatoms. The zero-order valence-corrected chi connectivity index (χ0v) is 12.4. The van der Waals surface area contributed by atoms with E-state index in [1.54, 1.807) is 31.2 Å². The molecule has 0 amide bonds. The van der Waals surface area contributed by atoms with E-state index in [-0.39, 0.29) is 13.0 Å². The number of carboxylic acid groups (broad SMARTS) is 1. The van der Waals surface area contributed by atoms with Crippen molar-refractivity contribution in [1.29, 1.82) is 0 Å². The topological polar surface area (TPSA) is 63.6 Å². The molecule has 0 heterocycles. The smallest absolute Gasteiger partial charge is 0.328 e. The van der Waals surface area contributed by atoms with E-state index < -0.39 is 17.4 Å². The molecule has 0 fully saturated rings. The summed E-state index contributed by atoms with van der Waals surface area (Å²) < 4.78 is 5.00. The van der Waals surface area contributed by atoms with Crippen molar-refractivity contribution in [2.24, 2.45) is 0 Å². The predicted molar refractivity (Wildman–Crippen MR) is 76.9 cm³/mol. The van der Waals surface area contributed by atoms with Crippen molar-refractivity contribution in [1.82, 2.24) is 0 Å². The number of carbonyl (C=O) groups is 2. The maximum atomic E-state index is 12.3. The second-order valence-corrected chi connectivity index (χ2v) is 4.98. The lowest BCUT2D eigenvalue weighted by atomic mass is 9.76. The van der Waals surface area contributed by atoms with Crippen LogP contribution >= 0.6 is 11.6 Å². The van der Waals surface area contributed by atoms with E-state index in [0.29, 0.717) is 17.0 Å². The Balaban J connectivity index is 3.31. The third-order valence-corrected chi connectivity index (χ3v) is 3.48. The summed E-state index contributed by atoms with van der Waals surface area (Å²) in [4.78, 5) is 24.1. The molecule has 0 aliphatic heterocycles. The first-order valence-electron chi connectivity index (χ1n) is 6.65. The molecule has 4 nitrogen and oxygen atoms in total. The SMILES string of the molecule is CCCCC(C(=O)O)(C(=O)OCC)c1ccc(Cl)cc1. The first-order chi connectivity index (χ1) is 9.48.